The predicted molar refractivity (Wildman–Crippen MR) is 67.2 cm³/mol. The van der Waals surface area contributed by atoms with Crippen molar-refractivity contribution in [3.63, 3.8) is 0 Å². The van der Waals surface area contributed by atoms with Gasteiger partial charge in [-0.25, -0.2) is 4.79 Å². The van der Waals surface area contributed by atoms with Crippen molar-refractivity contribution in [1.82, 2.24) is 4.90 Å². The second-order valence-corrected chi connectivity index (χ2v) is 5.17. The second kappa shape index (κ2) is 5.76. The molecule has 1 amide bonds. The van der Waals surface area contributed by atoms with Crippen LogP contribution in [0.25, 0.3) is 0 Å². The molecular formula is C12H18N2O6. The van der Waals surface area contributed by atoms with Crippen LogP contribution >= 0.6 is 0 Å². The first-order valence-electron chi connectivity index (χ1n) is 6.42. The zero-order chi connectivity index (χ0) is 14.8. The van der Waals surface area contributed by atoms with Crippen LogP contribution in [0.1, 0.15) is 19.3 Å². The van der Waals surface area contributed by atoms with E-state index in [2.05, 4.69) is 5.16 Å². The molecule has 2 heterocycles. The lowest BCUT2D eigenvalue weighted by Crippen LogP contribution is -2.49. The minimum Gasteiger partial charge on any atom is -0.477 e. The van der Waals surface area contributed by atoms with Gasteiger partial charge < -0.3 is 24.7 Å². The molecule has 8 heteroatoms. The summed E-state index contributed by atoms with van der Waals surface area (Å²) < 4.78 is 5.18. The number of aliphatic hydroxyl groups is 1. The molecule has 0 spiro atoms. The number of carboxylic acid groups (broad SMARTS) is 1. The monoisotopic (exact) mass is 286 g/mol. The Morgan fingerprint density at radius 3 is 2.65 bits per heavy atom. The quantitative estimate of drug-likeness (QED) is 0.701. The van der Waals surface area contributed by atoms with Crippen LogP contribution < -0.4 is 0 Å². The molecule has 2 rings (SSSR count). The van der Waals surface area contributed by atoms with Crippen molar-refractivity contribution in [3.05, 3.63) is 0 Å². The maximum absolute atomic E-state index is 12.1. The fourth-order valence-corrected chi connectivity index (χ4v) is 2.31. The van der Waals surface area contributed by atoms with Gasteiger partial charge in [0.2, 0.25) is 6.10 Å². The largest absolute Gasteiger partial charge is 0.477 e. The van der Waals surface area contributed by atoms with Gasteiger partial charge in [-0.15, -0.1) is 0 Å². The molecule has 8 nitrogen and oxygen atoms in total. The molecule has 0 bridgehead atoms. The van der Waals surface area contributed by atoms with Gasteiger partial charge in [0.25, 0.3) is 5.91 Å². The van der Waals surface area contributed by atoms with Crippen LogP contribution in [0.5, 0.6) is 0 Å². The van der Waals surface area contributed by atoms with Crippen LogP contribution in [0.2, 0.25) is 0 Å². The number of likely N-dealkylation sites (N-methyl/N-ethyl adjacent to an activating group) is 1. The van der Waals surface area contributed by atoms with Crippen LogP contribution in [-0.2, 0) is 19.2 Å². The van der Waals surface area contributed by atoms with Gasteiger partial charge >= 0.3 is 5.97 Å². The predicted octanol–water partition coefficient (Wildman–Crippen LogP) is -0.784. The lowest BCUT2D eigenvalue weighted by molar-refractivity contribution is -0.147. The van der Waals surface area contributed by atoms with Gasteiger partial charge in [-0.1, -0.05) is 5.16 Å². The molecule has 1 saturated heterocycles. The summed E-state index contributed by atoms with van der Waals surface area (Å²) in [5, 5.41) is 22.5. The Kier molecular flexibility index (Phi) is 4.24. The molecule has 0 aromatic heterocycles. The van der Waals surface area contributed by atoms with E-state index >= 15 is 0 Å². The molecule has 2 aliphatic rings. The third-order valence-electron chi connectivity index (χ3n) is 3.52. The van der Waals surface area contributed by atoms with Crippen LogP contribution in [0.4, 0.5) is 0 Å². The van der Waals surface area contributed by atoms with Crippen LogP contribution in [0.15, 0.2) is 5.16 Å². The van der Waals surface area contributed by atoms with E-state index in [0.717, 1.165) is 0 Å². The number of ether oxygens (including phenoxy) is 1. The van der Waals surface area contributed by atoms with E-state index in [9.17, 15) is 14.7 Å². The third kappa shape index (κ3) is 3.26. The molecule has 20 heavy (non-hydrogen) atoms. The zero-order valence-electron chi connectivity index (χ0n) is 11.2. The number of amides is 1. The normalized spacial score (nSPS) is 24.7. The van der Waals surface area contributed by atoms with Gasteiger partial charge in [0.05, 0.1) is 5.60 Å². The smallest absolute Gasteiger partial charge is 0.353 e. The third-order valence-corrected chi connectivity index (χ3v) is 3.52. The molecular weight excluding hydrogens is 268 g/mol. The van der Waals surface area contributed by atoms with Crippen molar-refractivity contribution in [2.45, 2.75) is 31.0 Å². The number of carbonyl (C=O) groups excluding carboxylic acids is 1. The van der Waals surface area contributed by atoms with Crippen molar-refractivity contribution in [1.29, 1.82) is 0 Å². The van der Waals surface area contributed by atoms with Crippen LogP contribution in [0.3, 0.4) is 0 Å². The van der Waals surface area contributed by atoms with Gasteiger partial charge in [-0.3, -0.25) is 4.79 Å². The Bertz CT molecular complexity index is 430. The summed E-state index contributed by atoms with van der Waals surface area (Å²) in [4.78, 5) is 29.0. The summed E-state index contributed by atoms with van der Waals surface area (Å²) in [5.41, 5.74) is -1.13. The molecule has 0 aliphatic carbocycles. The Morgan fingerprint density at radius 2 is 2.10 bits per heavy atom. The van der Waals surface area contributed by atoms with Crippen LogP contribution in [0, 0.1) is 0 Å². The number of hydrogen-bond donors (Lipinski definition) is 2. The molecule has 1 fully saturated rings. The molecule has 2 N–H and O–H groups in total. The van der Waals surface area contributed by atoms with Gasteiger partial charge in [0.1, 0.15) is 0 Å². The fraction of sp³-hybridized carbons (Fsp3) is 0.750. The summed E-state index contributed by atoms with van der Waals surface area (Å²) in [7, 11) is 1.55. The van der Waals surface area contributed by atoms with E-state index < -0.39 is 17.7 Å². The summed E-state index contributed by atoms with van der Waals surface area (Å²) in [6, 6.07) is 0. The number of carboxylic acids is 1. The number of nitrogens with zero attached hydrogens (tertiary/aromatic N) is 2. The molecule has 1 atom stereocenters. The molecule has 0 radical (unpaired) electrons. The van der Waals surface area contributed by atoms with Crippen molar-refractivity contribution in [2.75, 3.05) is 26.8 Å². The fourth-order valence-electron chi connectivity index (χ4n) is 2.31. The first-order chi connectivity index (χ1) is 9.41. The highest BCUT2D eigenvalue weighted by Crippen LogP contribution is 2.22. The molecule has 0 aromatic rings. The highest BCUT2D eigenvalue weighted by atomic mass is 16.6. The average molecular weight is 286 g/mol. The Hall–Kier alpha value is -1.67. The van der Waals surface area contributed by atoms with E-state index in [1.807, 2.05) is 0 Å². The highest BCUT2D eigenvalue weighted by molar-refractivity contribution is 6.36. The number of carbonyl (C=O) groups is 2. The standard InChI is InChI=1S/C12H18N2O6/c1-14(7-12(18)2-4-19-5-3-12)10(15)9-6-8(11(16)17)13-20-9/h9,18H,2-7H2,1H3,(H,16,17). The minimum absolute atomic E-state index is 0.0555. The second-order valence-electron chi connectivity index (χ2n) is 5.17. The number of aliphatic carboxylic acids is 1. The molecule has 0 aromatic carbocycles. The van der Waals surface area contributed by atoms with Gasteiger partial charge in [-0.2, -0.15) is 0 Å². The van der Waals surface area contributed by atoms with E-state index in [1.54, 1.807) is 7.05 Å². The average Bonchev–Trinajstić information content (AvgIpc) is 2.87. The van der Waals surface area contributed by atoms with Crippen molar-refractivity contribution >= 4 is 17.6 Å². The number of oxime groups is 1. The number of rotatable bonds is 4. The highest BCUT2D eigenvalue weighted by Gasteiger charge is 2.37. The lowest BCUT2D eigenvalue weighted by atomic mass is 9.93. The van der Waals surface area contributed by atoms with Gasteiger partial charge in [0.15, 0.2) is 5.71 Å². The van der Waals surface area contributed by atoms with Crippen molar-refractivity contribution in [2.24, 2.45) is 5.16 Å². The maximum Gasteiger partial charge on any atom is 0.353 e. The Balaban J connectivity index is 1.88. The van der Waals surface area contributed by atoms with Crippen molar-refractivity contribution < 1.29 is 29.4 Å². The Labute approximate surface area is 115 Å². The van der Waals surface area contributed by atoms with Crippen molar-refractivity contribution in [3.8, 4) is 0 Å². The first kappa shape index (κ1) is 14.7. The summed E-state index contributed by atoms with van der Waals surface area (Å²) in [5.74, 6) is -1.57. The summed E-state index contributed by atoms with van der Waals surface area (Å²) >= 11 is 0. The SMILES string of the molecule is CN(CC1(O)CCOCC1)C(=O)C1CC(C(=O)O)=NO1. The van der Waals surface area contributed by atoms with E-state index in [0.29, 0.717) is 26.1 Å². The van der Waals surface area contributed by atoms with E-state index in [-0.39, 0.29) is 24.6 Å². The Morgan fingerprint density at radius 1 is 1.45 bits per heavy atom. The first-order valence-corrected chi connectivity index (χ1v) is 6.42. The summed E-state index contributed by atoms with van der Waals surface area (Å²) in [6.07, 6.45) is -0.0466. The molecule has 112 valence electrons. The van der Waals surface area contributed by atoms with E-state index in [4.69, 9.17) is 14.7 Å². The molecule has 0 saturated carbocycles. The zero-order valence-corrected chi connectivity index (χ0v) is 11.2. The van der Waals surface area contributed by atoms with Crippen LogP contribution in [-0.4, -0.2) is 71.2 Å². The topological polar surface area (TPSA) is 109 Å². The minimum atomic E-state index is -1.19. The number of hydrogen-bond acceptors (Lipinski definition) is 6. The maximum atomic E-state index is 12.1. The summed E-state index contributed by atoms with van der Waals surface area (Å²) in [6.45, 7) is 1.09. The van der Waals surface area contributed by atoms with Gasteiger partial charge in [0, 0.05) is 46.1 Å². The molecule has 1 unspecified atom stereocenters. The van der Waals surface area contributed by atoms with Gasteiger partial charge in [-0.05, 0) is 0 Å². The van der Waals surface area contributed by atoms with E-state index in [1.165, 1.54) is 4.90 Å². The molecule has 2 aliphatic heterocycles. The lowest BCUT2D eigenvalue weighted by Gasteiger charge is -2.35.